The molecule has 1 aliphatic rings. The maximum atomic E-state index is 11.8. The van der Waals surface area contributed by atoms with E-state index >= 15 is 0 Å². The SMILES string of the molecule is CC(=O)OC[C@H]1O[C@H](c2nnc(CN=[N+]=[N-])o2)[C@H](OC(C)=O)[C@H](OC(C)=O)[C@H]1OC(C)=O. The number of azide groups is 1. The molecule has 15 nitrogen and oxygen atoms in total. The predicted molar refractivity (Wildman–Crippen MR) is 98.1 cm³/mol. The first-order valence-corrected chi connectivity index (χ1v) is 9.26. The third kappa shape index (κ3) is 6.65. The number of ether oxygens (including phenoxy) is 5. The first-order chi connectivity index (χ1) is 15.1. The van der Waals surface area contributed by atoms with Crippen molar-refractivity contribution < 1.29 is 47.3 Å². The fourth-order valence-electron chi connectivity index (χ4n) is 2.96. The summed E-state index contributed by atoms with van der Waals surface area (Å²) in [7, 11) is 0. The third-order valence-electron chi connectivity index (χ3n) is 3.99. The summed E-state index contributed by atoms with van der Waals surface area (Å²) in [4.78, 5) is 49.2. The van der Waals surface area contributed by atoms with Gasteiger partial charge in [-0.1, -0.05) is 5.11 Å². The topological polar surface area (TPSA) is 202 Å². The van der Waals surface area contributed by atoms with Gasteiger partial charge in [0.15, 0.2) is 24.4 Å². The fourth-order valence-corrected chi connectivity index (χ4v) is 2.96. The Kier molecular flexibility index (Phi) is 8.49. The molecule has 0 aromatic carbocycles. The lowest BCUT2D eigenvalue weighted by molar-refractivity contribution is -0.257. The number of carbonyl (C=O) groups excluding carboxylic acids is 4. The largest absolute Gasteiger partial charge is 0.463 e. The van der Waals surface area contributed by atoms with Crippen molar-refractivity contribution in [3.05, 3.63) is 22.2 Å². The van der Waals surface area contributed by atoms with Crippen molar-refractivity contribution in [3.63, 3.8) is 0 Å². The molecule has 15 heteroatoms. The average molecular weight is 455 g/mol. The van der Waals surface area contributed by atoms with E-state index in [2.05, 4.69) is 20.2 Å². The molecule has 174 valence electrons. The van der Waals surface area contributed by atoms with E-state index in [9.17, 15) is 19.2 Å². The highest BCUT2D eigenvalue weighted by Gasteiger charge is 2.54. The first-order valence-electron chi connectivity index (χ1n) is 9.26. The van der Waals surface area contributed by atoms with Gasteiger partial charge >= 0.3 is 23.9 Å². The van der Waals surface area contributed by atoms with Gasteiger partial charge in [0.05, 0.1) is 0 Å². The lowest BCUT2D eigenvalue weighted by atomic mass is 9.94. The van der Waals surface area contributed by atoms with Crippen LogP contribution in [0.25, 0.3) is 10.4 Å². The molecule has 0 spiro atoms. The molecule has 0 unspecified atom stereocenters. The summed E-state index contributed by atoms with van der Waals surface area (Å²) in [6.07, 6.45) is -6.50. The molecule has 2 rings (SSSR count). The van der Waals surface area contributed by atoms with Gasteiger partial charge in [0, 0.05) is 32.6 Å². The molecule has 1 aliphatic heterocycles. The van der Waals surface area contributed by atoms with Gasteiger partial charge in [-0.25, -0.2) is 0 Å². The first kappa shape index (κ1) is 24.6. The van der Waals surface area contributed by atoms with Crippen LogP contribution in [-0.2, 0) is 49.4 Å². The van der Waals surface area contributed by atoms with E-state index in [4.69, 9.17) is 33.6 Å². The fraction of sp³-hybridized carbons (Fsp3) is 0.647. The molecule has 0 amide bonds. The second-order valence-electron chi connectivity index (χ2n) is 6.54. The second-order valence-corrected chi connectivity index (χ2v) is 6.54. The lowest BCUT2D eigenvalue weighted by Crippen LogP contribution is -2.59. The Morgan fingerprint density at radius 2 is 1.53 bits per heavy atom. The van der Waals surface area contributed by atoms with Crippen molar-refractivity contribution in [1.29, 1.82) is 0 Å². The number of hydrogen-bond acceptors (Lipinski definition) is 13. The maximum Gasteiger partial charge on any atom is 0.303 e. The van der Waals surface area contributed by atoms with E-state index in [-0.39, 0.29) is 18.3 Å². The quantitative estimate of drug-likeness (QED) is 0.174. The van der Waals surface area contributed by atoms with Crippen LogP contribution >= 0.6 is 0 Å². The summed E-state index contributed by atoms with van der Waals surface area (Å²) in [5, 5.41) is 10.8. The highest BCUT2D eigenvalue weighted by molar-refractivity contribution is 5.68. The Bertz CT molecular complexity index is 911. The Balaban J connectivity index is 2.50. The van der Waals surface area contributed by atoms with E-state index in [1.165, 1.54) is 0 Å². The minimum absolute atomic E-state index is 0.0642. The molecule has 1 aromatic heterocycles. The monoisotopic (exact) mass is 455 g/mol. The van der Waals surface area contributed by atoms with Crippen LogP contribution in [0.1, 0.15) is 45.6 Å². The molecule has 1 aromatic rings. The zero-order valence-electron chi connectivity index (χ0n) is 17.6. The molecule has 0 saturated carbocycles. The van der Waals surface area contributed by atoms with Crippen molar-refractivity contribution in [2.75, 3.05) is 6.61 Å². The smallest absolute Gasteiger partial charge is 0.303 e. The Morgan fingerprint density at radius 3 is 2.09 bits per heavy atom. The van der Waals surface area contributed by atoms with Gasteiger partial charge in [-0.15, -0.1) is 10.2 Å². The summed E-state index contributed by atoms with van der Waals surface area (Å²) in [6, 6.07) is 0. The number of rotatable bonds is 8. The molecule has 0 aliphatic carbocycles. The van der Waals surface area contributed by atoms with Crippen LogP contribution in [-0.4, -0.2) is 65.1 Å². The molecule has 0 N–H and O–H groups in total. The van der Waals surface area contributed by atoms with Crippen LogP contribution < -0.4 is 0 Å². The number of aromatic nitrogens is 2. The van der Waals surface area contributed by atoms with E-state index in [1.54, 1.807) is 0 Å². The summed E-state index contributed by atoms with van der Waals surface area (Å²) in [6.45, 7) is 3.83. The Morgan fingerprint density at radius 1 is 0.938 bits per heavy atom. The van der Waals surface area contributed by atoms with Gasteiger partial charge < -0.3 is 28.1 Å². The van der Waals surface area contributed by atoms with Gasteiger partial charge in [0.2, 0.25) is 11.8 Å². The van der Waals surface area contributed by atoms with Crippen molar-refractivity contribution in [3.8, 4) is 0 Å². The van der Waals surface area contributed by atoms with E-state index in [0.717, 1.165) is 27.7 Å². The van der Waals surface area contributed by atoms with Crippen LogP contribution in [0.3, 0.4) is 0 Å². The number of nitrogens with zero attached hydrogens (tertiary/aromatic N) is 5. The van der Waals surface area contributed by atoms with E-state index < -0.39 is 61.0 Å². The van der Waals surface area contributed by atoms with E-state index in [0.29, 0.717) is 0 Å². The van der Waals surface area contributed by atoms with Gasteiger partial charge in [-0.3, -0.25) is 19.2 Å². The third-order valence-corrected chi connectivity index (χ3v) is 3.99. The molecule has 0 radical (unpaired) electrons. The summed E-state index contributed by atoms with van der Waals surface area (Å²) < 4.78 is 32.1. The Labute approximate surface area is 180 Å². The van der Waals surface area contributed by atoms with Crippen molar-refractivity contribution in [2.45, 2.75) is 64.8 Å². The van der Waals surface area contributed by atoms with Gasteiger partial charge in [-0.2, -0.15) is 0 Å². The summed E-state index contributed by atoms with van der Waals surface area (Å²) >= 11 is 0. The van der Waals surface area contributed by atoms with Crippen molar-refractivity contribution in [2.24, 2.45) is 5.11 Å². The zero-order valence-corrected chi connectivity index (χ0v) is 17.6. The minimum atomic E-state index is -1.37. The summed E-state index contributed by atoms with van der Waals surface area (Å²) in [5.41, 5.74) is 8.44. The van der Waals surface area contributed by atoms with Crippen molar-refractivity contribution in [1.82, 2.24) is 10.2 Å². The normalized spacial score (nSPS) is 24.6. The Hall–Kier alpha value is -3.71. The highest BCUT2D eigenvalue weighted by atomic mass is 16.7. The molecule has 32 heavy (non-hydrogen) atoms. The molecular formula is C17H21N5O10. The van der Waals surface area contributed by atoms with Crippen LogP contribution in [0.5, 0.6) is 0 Å². The molecule has 1 saturated heterocycles. The molecule has 0 bridgehead atoms. The number of esters is 4. The van der Waals surface area contributed by atoms with Crippen LogP contribution in [0, 0.1) is 0 Å². The van der Waals surface area contributed by atoms with E-state index in [1.807, 2.05) is 0 Å². The van der Waals surface area contributed by atoms with Crippen LogP contribution in [0.4, 0.5) is 0 Å². The maximum absolute atomic E-state index is 11.8. The molecular weight excluding hydrogens is 434 g/mol. The lowest BCUT2D eigenvalue weighted by Gasteiger charge is -2.43. The standard InChI is InChI=1S/C17H21N5O10/c1-7(23)27-6-11-13(28-8(2)24)14(29-9(3)25)15(30-10(4)26)16(31-11)17-21-20-12(32-17)5-19-22-18/h11,13-16H,5-6H2,1-4H3/t11-,13+,14-,15-,16+/m1/s1. The van der Waals surface area contributed by atoms with Crippen molar-refractivity contribution >= 4 is 23.9 Å². The van der Waals surface area contributed by atoms with Gasteiger partial charge in [0.1, 0.15) is 19.3 Å². The minimum Gasteiger partial charge on any atom is -0.463 e. The van der Waals surface area contributed by atoms with Crippen LogP contribution in [0.15, 0.2) is 9.53 Å². The zero-order chi connectivity index (χ0) is 23.8. The number of carbonyl (C=O) groups is 4. The van der Waals surface area contributed by atoms with Crippen LogP contribution in [0.2, 0.25) is 0 Å². The highest BCUT2D eigenvalue weighted by Crippen LogP contribution is 2.37. The summed E-state index contributed by atoms with van der Waals surface area (Å²) in [5.74, 6) is -3.21. The molecule has 5 atom stereocenters. The predicted octanol–water partition coefficient (Wildman–Crippen LogP) is 0.678. The van der Waals surface area contributed by atoms with Gasteiger partial charge in [0.25, 0.3) is 0 Å². The average Bonchev–Trinajstić information content (AvgIpc) is 3.15. The number of hydrogen-bond donors (Lipinski definition) is 0. The second kappa shape index (κ2) is 11.1. The molecule has 1 fully saturated rings. The van der Waals surface area contributed by atoms with Gasteiger partial charge in [-0.05, 0) is 5.53 Å². The molecule has 2 heterocycles.